The molecule has 4 heteroatoms. The summed E-state index contributed by atoms with van der Waals surface area (Å²) < 4.78 is 26.0. The van der Waals surface area contributed by atoms with Crippen LogP contribution in [0.15, 0.2) is 18.2 Å². The van der Waals surface area contributed by atoms with Crippen molar-refractivity contribution in [1.29, 1.82) is 0 Å². The summed E-state index contributed by atoms with van der Waals surface area (Å²) in [6.45, 7) is 4.03. The second-order valence-corrected chi connectivity index (χ2v) is 3.74. The summed E-state index contributed by atoms with van der Waals surface area (Å²) >= 11 is 0. The van der Waals surface area contributed by atoms with Crippen LogP contribution >= 0.6 is 0 Å². The fraction of sp³-hybridized carbons (Fsp3) is 0.455. The van der Waals surface area contributed by atoms with Crippen molar-refractivity contribution in [3.63, 3.8) is 0 Å². The zero-order valence-electron chi connectivity index (χ0n) is 8.80. The van der Waals surface area contributed by atoms with Crippen LogP contribution in [0.1, 0.15) is 25.5 Å². The minimum absolute atomic E-state index is 0.0110. The normalized spacial score (nSPS) is 13.2. The predicted octanol–water partition coefficient (Wildman–Crippen LogP) is 2.00. The molecule has 1 unspecified atom stereocenters. The lowest BCUT2D eigenvalue weighted by atomic mass is 10.1. The van der Waals surface area contributed by atoms with Crippen LogP contribution in [0, 0.1) is 11.6 Å². The van der Waals surface area contributed by atoms with Gasteiger partial charge >= 0.3 is 0 Å². The van der Waals surface area contributed by atoms with E-state index >= 15 is 0 Å². The lowest BCUT2D eigenvalue weighted by molar-refractivity contribution is 0.166. The highest BCUT2D eigenvalue weighted by molar-refractivity contribution is 5.21. The van der Waals surface area contributed by atoms with Crippen molar-refractivity contribution < 1.29 is 13.9 Å². The van der Waals surface area contributed by atoms with Gasteiger partial charge in [-0.1, -0.05) is 13.8 Å². The van der Waals surface area contributed by atoms with E-state index in [2.05, 4.69) is 5.32 Å². The fourth-order valence-electron chi connectivity index (χ4n) is 1.23. The largest absolute Gasteiger partial charge is 0.387 e. The molecule has 1 aromatic carbocycles. The van der Waals surface area contributed by atoms with Crippen molar-refractivity contribution in [3.8, 4) is 0 Å². The Morgan fingerprint density at radius 2 is 2.00 bits per heavy atom. The molecule has 0 radical (unpaired) electrons. The molecule has 0 aliphatic rings. The Bertz CT molecular complexity index is 328. The maximum Gasteiger partial charge on any atom is 0.129 e. The first-order valence-electron chi connectivity index (χ1n) is 4.87. The van der Waals surface area contributed by atoms with E-state index in [1.807, 2.05) is 13.8 Å². The number of aliphatic hydroxyl groups is 1. The summed E-state index contributed by atoms with van der Waals surface area (Å²) in [6, 6.07) is 3.25. The summed E-state index contributed by atoms with van der Waals surface area (Å²) in [5, 5.41) is 12.6. The van der Waals surface area contributed by atoms with Crippen molar-refractivity contribution in [2.24, 2.45) is 0 Å². The molecular weight excluding hydrogens is 200 g/mol. The van der Waals surface area contributed by atoms with Crippen molar-refractivity contribution in [2.45, 2.75) is 26.0 Å². The first-order valence-corrected chi connectivity index (χ1v) is 4.87. The van der Waals surface area contributed by atoms with E-state index in [-0.39, 0.29) is 18.2 Å². The molecule has 0 saturated heterocycles. The van der Waals surface area contributed by atoms with Crippen LogP contribution in [0.25, 0.3) is 0 Å². The van der Waals surface area contributed by atoms with Gasteiger partial charge in [-0.2, -0.15) is 0 Å². The smallest absolute Gasteiger partial charge is 0.129 e. The SMILES string of the molecule is CC(C)NCC(O)c1cc(F)ccc1F. The molecular formula is C11H15F2NO. The average Bonchev–Trinajstić information content (AvgIpc) is 2.18. The van der Waals surface area contributed by atoms with Gasteiger partial charge in [0, 0.05) is 18.2 Å². The van der Waals surface area contributed by atoms with E-state index in [4.69, 9.17) is 0 Å². The number of benzene rings is 1. The lowest BCUT2D eigenvalue weighted by Crippen LogP contribution is -2.28. The highest BCUT2D eigenvalue weighted by Crippen LogP contribution is 2.17. The second-order valence-electron chi connectivity index (χ2n) is 3.74. The van der Waals surface area contributed by atoms with E-state index in [0.717, 1.165) is 18.2 Å². The van der Waals surface area contributed by atoms with Gasteiger partial charge in [-0.15, -0.1) is 0 Å². The molecule has 0 spiro atoms. The number of rotatable bonds is 4. The van der Waals surface area contributed by atoms with Gasteiger partial charge in [0.25, 0.3) is 0 Å². The van der Waals surface area contributed by atoms with E-state index in [9.17, 15) is 13.9 Å². The van der Waals surface area contributed by atoms with Gasteiger partial charge in [0.2, 0.25) is 0 Å². The minimum atomic E-state index is -1.02. The Labute approximate surface area is 87.9 Å². The molecule has 0 aliphatic heterocycles. The minimum Gasteiger partial charge on any atom is -0.387 e. The maximum atomic E-state index is 13.2. The summed E-state index contributed by atoms with van der Waals surface area (Å²) in [7, 11) is 0. The van der Waals surface area contributed by atoms with Gasteiger partial charge in [0.05, 0.1) is 6.10 Å². The third kappa shape index (κ3) is 3.57. The average molecular weight is 215 g/mol. The van der Waals surface area contributed by atoms with Gasteiger partial charge in [-0.05, 0) is 18.2 Å². The zero-order chi connectivity index (χ0) is 11.4. The van der Waals surface area contributed by atoms with Gasteiger partial charge in [-0.25, -0.2) is 8.78 Å². The van der Waals surface area contributed by atoms with Crippen LogP contribution in [0.2, 0.25) is 0 Å². The van der Waals surface area contributed by atoms with Crippen LogP contribution in [0.4, 0.5) is 8.78 Å². The predicted molar refractivity (Wildman–Crippen MR) is 54.5 cm³/mol. The van der Waals surface area contributed by atoms with Crippen LogP contribution < -0.4 is 5.32 Å². The standard InChI is InChI=1S/C11H15F2NO/c1-7(2)14-6-11(15)9-5-8(12)3-4-10(9)13/h3-5,7,11,14-15H,6H2,1-2H3. The van der Waals surface area contributed by atoms with Crippen molar-refractivity contribution in [1.82, 2.24) is 5.32 Å². The number of nitrogens with one attached hydrogen (secondary N) is 1. The van der Waals surface area contributed by atoms with E-state index in [0.29, 0.717) is 0 Å². The molecule has 1 aromatic rings. The van der Waals surface area contributed by atoms with E-state index < -0.39 is 17.7 Å². The molecule has 2 nitrogen and oxygen atoms in total. The maximum absolute atomic E-state index is 13.2. The third-order valence-electron chi connectivity index (χ3n) is 2.04. The molecule has 0 saturated carbocycles. The Hall–Kier alpha value is -1.00. The third-order valence-corrected chi connectivity index (χ3v) is 2.04. The lowest BCUT2D eigenvalue weighted by Gasteiger charge is -2.14. The first kappa shape index (κ1) is 12.1. The molecule has 0 heterocycles. The van der Waals surface area contributed by atoms with Crippen LogP contribution in [0.5, 0.6) is 0 Å². The van der Waals surface area contributed by atoms with Crippen molar-refractivity contribution in [2.75, 3.05) is 6.54 Å². The van der Waals surface area contributed by atoms with Gasteiger partial charge in [-0.3, -0.25) is 0 Å². The number of halogens is 2. The van der Waals surface area contributed by atoms with Crippen molar-refractivity contribution in [3.05, 3.63) is 35.4 Å². The van der Waals surface area contributed by atoms with Gasteiger partial charge in [0.15, 0.2) is 0 Å². The van der Waals surface area contributed by atoms with Crippen LogP contribution in [-0.2, 0) is 0 Å². The second kappa shape index (κ2) is 5.19. The molecule has 0 fully saturated rings. The molecule has 15 heavy (non-hydrogen) atoms. The summed E-state index contributed by atoms with van der Waals surface area (Å²) in [5.41, 5.74) is -0.0110. The number of hydrogen-bond donors (Lipinski definition) is 2. The fourth-order valence-corrected chi connectivity index (χ4v) is 1.23. The molecule has 2 N–H and O–H groups in total. The molecule has 0 bridgehead atoms. The molecule has 0 aliphatic carbocycles. The Kier molecular flexibility index (Phi) is 4.17. The Morgan fingerprint density at radius 3 is 2.60 bits per heavy atom. The summed E-state index contributed by atoms with van der Waals surface area (Å²) in [6.07, 6.45) is -1.02. The highest BCUT2D eigenvalue weighted by atomic mass is 19.1. The molecule has 0 aromatic heterocycles. The van der Waals surface area contributed by atoms with Gasteiger partial charge < -0.3 is 10.4 Å². The quantitative estimate of drug-likeness (QED) is 0.805. The van der Waals surface area contributed by atoms with Crippen LogP contribution in [0.3, 0.4) is 0 Å². The zero-order valence-corrected chi connectivity index (χ0v) is 8.80. The Morgan fingerprint density at radius 1 is 1.33 bits per heavy atom. The molecule has 84 valence electrons. The van der Waals surface area contributed by atoms with Gasteiger partial charge in [0.1, 0.15) is 11.6 Å². The monoisotopic (exact) mass is 215 g/mol. The first-order chi connectivity index (χ1) is 7.00. The summed E-state index contributed by atoms with van der Waals surface area (Å²) in [5.74, 6) is -1.13. The number of hydrogen-bond acceptors (Lipinski definition) is 2. The summed E-state index contributed by atoms with van der Waals surface area (Å²) in [4.78, 5) is 0. The van der Waals surface area contributed by atoms with Crippen molar-refractivity contribution >= 4 is 0 Å². The Balaban J connectivity index is 2.72. The molecule has 1 atom stereocenters. The highest BCUT2D eigenvalue weighted by Gasteiger charge is 2.13. The number of aliphatic hydroxyl groups excluding tert-OH is 1. The van der Waals surface area contributed by atoms with E-state index in [1.54, 1.807) is 0 Å². The van der Waals surface area contributed by atoms with E-state index in [1.165, 1.54) is 0 Å². The van der Waals surface area contributed by atoms with Crippen LogP contribution in [-0.4, -0.2) is 17.7 Å². The molecule has 0 amide bonds. The molecule has 1 rings (SSSR count). The topological polar surface area (TPSA) is 32.3 Å².